The lowest BCUT2D eigenvalue weighted by Crippen LogP contribution is -2.61. The fraction of sp³-hybridized carbons (Fsp3) is 0.379. The molecule has 9 nitrogen and oxygen atoms in total. The third-order valence-electron chi connectivity index (χ3n) is 7.59. The molecule has 38 heavy (non-hydrogen) atoms. The summed E-state index contributed by atoms with van der Waals surface area (Å²) < 4.78 is 6.02. The van der Waals surface area contributed by atoms with Crippen LogP contribution in [0.5, 0.6) is 5.75 Å². The molecule has 2 saturated heterocycles. The second-order valence-corrected chi connectivity index (χ2v) is 10.3. The van der Waals surface area contributed by atoms with Gasteiger partial charge in [-0.05, 0) is 69.0 Å². The molecule has 0 aliphatic carbocycles. The molecule has 3 amide bonds. The van der Waals surface area contributed by atoms with E-state index in [9.17, 15) is 14.4 Å². The predicted octanol–water partition coefficient (Wildman–Crippen LogP) is 3.66. The quantitative estimate of drug-likeness (QED) is 0.326. The number of nitrogens with zero attached hydrogens (tertiary/aromatic N) is 2. The highest BCUT2D eigenvalue weighted by molar-refractivity contribution is 5.95. The Morgan fingerprint density at radius 3 is 2.76 bits per heavy atom. The summed E-state index contributed by atoms with van der Waals surface area (Å²) in [7, 11) is 0. The number of ether oxygens (including phenoxy) is 1. The number of pyridine rings is 1. The Bertz CT molecular complexity index is 1360. The number of rotatable bonds is 7. The first-order valence-electron chi connectivity index (χ1n) is 13.0. The number of amides is 3. The number of hydroxylamine groups is 1. The number of benzene rings is 2. The van der Waals surface area contributed by atoms with Crippen LogP contribution >= 0.6 is 0 Å². The second kappa shape index (κ2) is 10.8. The van der Waals surface area contributed by atoms with E-state index in [0.29, 0.717) is 43.7 Å². The smallest absolute Gasteiger partial charge is 0.251 e. The molecule has 3 aromatic rings. The maximum absolute atomic E-state index is 13.3. The third-order valence-corrected chi connectivity index (χ3v) is 7.59. The van der Waals surface area contributed by atoms with Crippen LogP contribution in [0.4, 0.5) is 0 Å². The summed E-state index contributed by atoms with van der Waals surface area (Å²) in [6.45, 7) is 2.79. The fourth-order valence-electron chi connectivity index (χ4n) is 5.76. The minimum Gasteiger partial charge on any atom is -0.489 e. The Balaban J connectivity index is 1.27. The maximum atomic E-state index is 13.3. The van der Waals surface area contributed by atoms with E-state index in [4.69, 9.17) is 9.94 Å². The number of hydrogen-bond donors (Lipinski definition) is 3. The van der Waals surface area contributed by atoms with Crippen LogP contribution in [-0.2, 0) is 16.2 Å². The monoisotopic (exact) mass is 516 g/mol. The average Bonchev–Trinajstić information content (AvgIpc) is 2.91. The molecule has 9 heteroatoms. The number of carbonyl (C=O) groups excluding carboxylic acids is 3. The van der Waals surface area contributed by atoms with Crippen molar-refractivity contribution in [1.82, 2.24) is 20.7 Å². The van der Waals surface area contributed by atoms with Crippen LogP contribution < -0.4 is 15.5 Å². The van der Waals surface area contributed by atoms with Crippen molar-refractivity contribution in [2.75, 3.05) is 6.54 Å². The van der Waals surface area contributed by atoms with E-state index in [1.165, 1.54) is 0 Å². The topological polar surface area (TPSA) is 121 Å². The summed E-state index contributed by atoms with van der Waals surface area (Å²) >= 11 is 0. The zero-order chi connectivity index (χ0) is 26.7. The van der Waals surface area contributed by atoms with E-state index in [2.05, 4.69) is 10.3 Å². The molecule has 3 heterocycles. The van der Waals surface area contributed by atoms with E-state index in [-0.39, 0.29) is 24.3 Å². The molecule has 2 aliphatic heterocycles. The zero-order valence-corrected chi connectivity index (χ0v) is 21.4. The maximum Gasteiger partial charge on any atom is 0.251 e. The SMILES string of the molecule is Cc1cc(COc2ccc(C(=O)N[C@]3(CC(=O)NO)CCN4C(=O)CCC[C@H]4C3)cc2)c2ccccc2n1. The summed E-state index contributed by atoms with van der Waals surface area (Å²) in [5.41, 5.74) is 4.15. The summed E-state index contributed by atoms with van der Waals surface area (Å²) in [6, 6.07) is 16.8. The Labute approximate surface area is 221 Å². The third kappa shape index (κ3) is 5.47. The van der Waals surface area contributed by atoms with Gasteiger partial charge in [0.05, 0.1) is 17.5 Å². The molecule has 2 fully saturated rings. The number of piperidine rings is 2. The van der Waals surface area contributed by atoms with Crippen LogP contribution in [-0.4, -0.2) is 50.9 Å². The summed E-state index contributed by atoms with van der Waals surface area (Å²) in [4.78, 5) is 44.2. The molecule has 198 valence electrons. The molecule has 0 spiro atoms. The largest absolute Gasteiger partial charge is 0.489 e. The van der Waals surface area contributed by atoms with Gasteiger partial charge in [0.15, 0.2) is 0 Å². The van der Waals surface area contributed by atoms with Gasteiger partial charge in [0, 0.05) is 41.2 Å². The normalized spacial score (nSPS) is 21.1. The predicted molar refractivity (Wildman–Crippen MR) is 141 cm³/mol. The van der Waals surface area contributed by atoms with Crippen molar-refractivity contribution in [3.63, 3.8) is 0 Å². The van der Waals surface area contributed by atoms with E-state index < -0.39 is 11.4 Å². The number of para-hydroxylation sites is 1. The van der Waals surface area contributed by atoms with Crippen molar-refractivity contribution in [3.05, 3.63) is 71.4 Å². The molecule has 1 aromatic heterocycles. The Morgan fingerprint density at radius 1 is 1.18 bits per heavy atom. The highest BCUT2D eigenvalue weighted by Crippen LogP contribution is 2.35. The van der Waals surface area contributed by atoms with Crippen LogP contribution in [0, 0.1) is 6.92 Å². The summed E-state index contributed by atoms with van der Waals surface area (Å²) in [5.74, 6) is -0.126. The van der Waals surface area contributed by atoms with Gasteiger partial charge in [0.1, 0.15) is 12.4 Å². The first-order chi connectivity index (χ1) is 18.4. The van der Waals surface area contributed by atoms with E-state index in [0.717, 1.165) is 35.0 Å². The van der Waals surface area contributed by atoms with Crippen molar-refractivity contribution < 1.29 is 24.3 Å². The van der Waals surface area contributed by atoms with Crippen molar-refractivity contribution in [3.8, 4) is 5.75 Å². The minimum atomic E-state index is -0.849. The van der Waals surface area contributed by atoms with Gasteiger partial charge in [-0.3, -0.25) is 24.6 Å². The van der Waals surface area contributed by atoms with Gasteiger partial charge in [-0.1, -0.05) is 18.2 Å². The van der Waals surface area contributed by atoms with E-state index >= 15 is 0 Å². The zero-order valence-electron chi connectivity index (χ0n) is 21.4. The Kier molecular flexibility index (Phi) is 7.28. The van der Waals surface area contributed by atoms with Gasteiger partial charge in [-0.25, -0.2) is 5.48 Å². The number of carbonyl (C=O) groups is 3. The highest BCUT2D eigenvalue weighted by Gasteiger charge is 2.44. The summed E-state index contributed by atoms with van der Waals surface area (Å²) in [5, 5.41) is 13.3. The molecule has 2 aliphatic rings. The van der Waals surface area contributed by atoms with Crippen molar-refractivity contribution in [1.29, 1.82) is 0 Å². The number of fused-ring (bicyclic) bond motifs is 2. The van der Waals surface area contributed by atoms with Gasteiger partial charge < -0.3 is 15.0 Å². The van der Waals surface area contributed by atoms with Crippen molar-refractivity contribution in [2.45, 2.75) is 63.6 Å². The van der Waals surface area contributed by atoms with Crippen molar-refractivity contribution in [2.24, 2.45) is 0 Å². The molecule has 0 unspecified atom stereocenters. The van der Waals surface area contributed by atoms with Crippen LogP contribution in [0.1, 0.15) is 60.1 Å². The molecule has 0 saturated carbocycles. The van der Waals surface area contributed by atoms with Gasteiger partial charge in [-0.2, -0.15) is 0 Å². The molecule has 0 bridgehead atoms. The Morgan fingerprint density at radius 2 is 1.97 bits per heavy atom. The standard InChI is InChI=1S/C29H32N4O5/c1-19-15-21(24-6-2-3-7-25(24)30-19)18-38-23-11-9-20(10-12-23)28(36)31-29(17-26(34)32-37)13-14-33-22(16-29)5-4-8-27(33)35/h2-3,6-7,9-12,15,22,37H,4-5,8,13-14,16-18H2,1H3,(H,31,36)(H,32,34)/t22-,29+/m0/s1. The van der Waals surface area contributed by atoms with E-state index in [1.54, 1.807) is 29.7 Å². The van der Waals surface area contributed by atoms with Gasteiger partial charge >= 0.3 is 0 Å². The van der Waals surface area contributed by atoms with Crippen LogP contribution in [0.3, 0.4) is 0 Å². The van der Waals surface area contributed by atoms with Crippen molar-refractivity contribution >= 4 is 28.6 Å². The summed E-state index contributed by atoms with van der Waals surface area (Å²) in [6.07, 6.45) is 3.02. The molecule has 2 atom stereocenters. The molecular formula is C29H32N4O5. The molecule has 0 radical (unpaired) electrons. The first-order valence-corrected chi connectivity index (χ1v) is 13.0. The lowest BCUT2D eigenvalue weighted by atomic mass is 9.77. The van der Waals surface area contributed by atoms with Gasteiger partial charge in [0.25, 0.3) is 5.91 Å². The molecular weight excluding hydrogens is 484 g/mol. The lowest BCUT2D eigenvalue weighted by molar-refractivity contribution is -0.140. The highest BCUT2D eigenvalue weighted by atomic mass is 16.5. The van der Waals surface area contributed by atoms with E-state index in [1.807, 2.05) is 42.2 Å². The fourth-order valence-corrected chi connectivity index (χ4v) is 5.76. The molecule has 3 N–H and O–H groups in total. The van der Waals surface area contributed by atoms with Crippen LogP contribution in [0.15, 0.2) is 54.6 Å². The van der Waals surface area contributed by atoms with Gasteiger partial charge in [0.2, 0.25) is 11.8 Å². The number of nitrogens with one attached hydrogen (secondary N) is 2. The Hall–Kier alpha value is -3.98. The number of aryl methyl sites for hydroxylation is 1. The van der Waals surface area contributed by atoms with Crippen LogP contribution in [0.25, 0.3) is 10.9 Å². The van der Waals surface area contributed by atoms with Gasteiger partial charge in [-0.15, -0.1) is 0 Å². The van der Waals surface area contributed by atoms with Crippen LogP contribution in [0.2, 0.25) is 0 Å². The average molecular weight is 517 g/mol. The number of hydrogen-bond acceptors (Lipinski definition) is 6. The minimum absolute atomic E-state index is 0.0273. The molecule has 2 aromatic carbocycles. The molecule has 5 rings (SSSR count). The second-order valence-electron chi connectivity index (χ2n) is 10.3. The number of aromatic nitrogens is 1. The lowest BCUT2D eigenvalue weighted by Gasteiger charge is -2.48. The first kappa shape index (κ1) is 25.7.